The third-order valence-electron chi connectivity index (χ3n) is 2.83. The van der Waals surface area contributed by atoms with E-state index in [2.05, 4.69) is 20.1 Å². The largest absolute Gasteiger partial charge is 0.481 e. The Morgan fingerprint density at radius 3 is 2.95 bits per heavy atom. The van der Waals surface area contributed by atoms with E-state index in [-0.39, 0.29) is 12.8 Å². The van der Waals surface area contributed by atoms with Gasteiger partial charge in [-0.2, -0.15) is 4.98 Å². The highest BCUT2D eigenvalue weighted by molar-refractivity contribution is 5.74. The molecule has 7 heteroatoms. The van der Waals surface area contributed by atoms with Crippen LogP contribution in [0.4, 0.5) is 0 Å². The summed E-state index contributed by atoms with van der Waals surface area (Å²) in [6.07, 6.45) is 0.639. The molecule has 0 saturated heterocycles. The first-order valence-corrected chi connectivity index (χ1v) is 6.17. The molecular weight excluding hydrogens is 260 g/mol. The number of para-hydroxylation sites is 2. The van der Waals surface area contributed by atoms with Gasteiger partial charge in [0.05, 0.1) is 23.9 Å². The minimum absolute atomic E-state index is 0.0216. The Bertz CT molecular complexity index is 714. The number of carboxylic acid groups (broad SMARTS) is 1. The minimum Gasteiger partial charge on any atom is -0.481 e. The predicted molar refractivity (Wildman–Crippen MR) is 69.2 cm³/mol. The Hall–Kier alpha value is -2.70. The van der Waals surface area contributed by atoms with Crippen molar-refractivity contribution in [3.63, 3.8) is 0 Å². The van der Waals surface area contributed by atoms with Gasteiger partial charge in [-0.3, -0.25) is 4.79 Å². The Kier molecular flexibility index (Phi) is 3.16. The summed E-state index contributed by atoms with van der Waals surface area (Å²) in [5, 5.41) is 12.4. The Morgan fingerprint density at radius 2 is 2.15 bits per heavy atom. The van der Waals surface area contributed by atoms with Crippen molar-refractivity contribution in [1.29, 1.82) is 0 Å². The van der Waals surface area contributed by atoms with Gasteiger partial charge in [0.2, 0.25) is 5.89 Å². The lowest BCUT2D eigenvalue weighted by molar-refractivity contribution is -0.137. The van der Waals surface area contributed by atoms with Crippen molar-refractivity contribution in [2.75, 3.05) is 0 Å². The average molecular weight is 272 g/mol. The van der Waals surface area contributed by atoms with E-state index in [0.29, 0.717) is 18.1 Å². The monoisotopic (exact) mass is 272 g/mol. The van der Waals surface area contributed by atoms with E-state index in [1.807, 2.05) is 24.3 Å². The summed E-state index contributed by atoms with van der Waals surface area (Å²) in [5.41, 5.74) is 1.84. The number of aliphatic carboxylic acids is 1. The number of aryl methyl sites for hydroxylation is 1. The molecule has 3 rings (SSSR count). The predicted octanol–water partition coefficient (Wildman–Crippen LogP) is 1.55. The van der Waals surface area contributed by atoms with E-state index in [1.54, 1.807) is 0 Å². The van der Waals surface area contributed by atoms with E-state index < -0.39 is 5.97 Å². The molecule has 0 fully saturated rings. The van der Waals surface area contributed by atoms with Gasteiger partial charge in [0.25, 0.3) is 0 Å². The van der Waals surface area contributed by atoms with Crippen LogP contribution in [0.1, 0.15) is 24.0 Å². The molecule has 0 spiro atoms. The molecule has 2 aromatic heterocycles. The second kappa shape index (κ2) is 5.12. The summed E-state index contributed by atoms with van der Waals surface area (Å²) in [4.78, 5) is 22.2. The van der Waals surface area contributed by atoms with E-state index >= 15 is 0 Å². The van der Waals surface area contributed by atoms with Crippen LogP contribution >= 0.6 is 0 Å². The summed E-state index contributed by atoms with van der Waals surface area (Å²) in [7, 11) is 0. The number of carboxylic acids is 1. The summed E-state index contributed by atoms with van der Waals surface area (Å²) in [5.74, 6) is 0.682. The fourth-order valence-electron chi connectivity index (χ4n) is 1.92. The number of rotatable bonds is 5. The van der Waals surface area contributed by atoms with Crippen LogP contribution in [-0.2, 0) is 17.6 Å². The molecule has 0 unspecified atom stereocenters. The highest BCUT2D eigenvalue weighted by atomic mass is 16.5. The molecule has 0 bridgehead atoms. The molecule has 0 radical (unpaired) electrons. The van der Waals surface area contributed by atoms with Crippen molar-refractivity contribution in [2.24, 2.45) is 0 Å². The molecule has 0 amide bonds. The summed E-state index contributed by atoms with van der Waals surface area (Å²) in [6.45, 7) is 0. The van der Waals surface area contributed by atoms with Crippen LogP contribution < -0.4 is 0 Å². The van der Waals surface area contributed by atoms with Crippen molar-refractivity contribution in [3.05, 3.63) is 41.8 Å². The number of aromatic nitrogens is 4. The molecule has 3 aromatic rings. The molecule has 2 heterocycles. The number of nitrogens with zero attached hydrogens (tertiary/aromatic N) is 3. The van der Waals surface area contributed by atoms with Gasteiger partial charge in [-0.15, -0.1) is 0 Å². The lowest BCUT2D eigenvalue weighted by Gasteiger charge is -1.89. The second-order valence-electron chi connectivity index (χ2n) is 4.38. The molecule has 0 saturated carbocycles. The molecule has 7 nitrogen and oxygen atoms in total. The first-order chi connectivity index (χ1) is 9.70. The van der Waals surface area contributed by atoms with Crippen molar-refractivity contribution < 1.29 is 14.4 Å². The number of imidazole rings is 1. The summed E-state index contributed by atoms with van der Waals surface area (Å²) < 4.78 is 5.00. The van der Waals surface area contributed by atoms with E-state index in [9.17, 15) is 4.79 Å². The molecule has 102 valence electrons. The maximum Gasteiger partial charge on any atom is 0.303 e. The molecule has 20 heavy (non-hydrogen) atoms. The Labute approximate surface area is 113 Å². The number of nitrogens with one attached hydrogen (secondary N) is 1. The second-order valence-corrected chi connectivity index (χ2v) is 4.38. The summed E-state index contributed by atoms with van der Waals surface area (Å²) in [6, 6.07) is 7.72. The molecule has 0 aliphatic rings. The highest BCUT2D eigenvalue weighted by Gasteiger charge is 2.11. The number of carbonyl (C=O) groups is 1. The van der Waals surface area contributed by atoms with E-state index in [1.165, 1.54) is 0 Å². The normalized spacial score (nSPS) is 11.0. The van der Waals surface area contributed by atoms with Gasteiger partial charge >= 0.3 is 5.97 Å². The zero-order valence-corrected chi connectivity index (χ0v) is 10.5. The highest BCUT2D eigenvalue weighted by Crippen LogP contribution is 2.12. The lowest BCUT2D eigenvalue weighted by atomic mass is 10.3. The van der Waals surface area contributed by atoms with Crippen LogP contribution in [0.2, 0.25) is 0 Å². The van der Waals surface area contributed by atoms with Gasteiger partial charge in [-0.05, 0) is 12.1 Å². The lowest BCUT2D eigenvalue weighted by Crippen LogP contribution is -1.98. The maximum absolute atomic E-state index is 10.5. The minimum atomic E-state index is -0.887. The van der Waals surface area contributed by atoms with E-state index in [4.69, 9.17) is 9.63 Å². The third kappa shape index (κ3) is 2.66. The van der Waals surface area contributed by atoms with Crippen LogP contribution in [0.3, 0.4) is 0 Å². The topological polar surface area (TPSA) is 105 Å². The van der Waals surface area contributed by atoms with E-state index in [0.717, 1.165) is 16.9 Å². The molecule has 0 aliphatic heterocycles. The first-order valence-electron chi connectivity index (χ1n) is 6.17. The fraction of sp³-hybridized carbons (Fsp3) is 0.231. The standard InChI is InChI=1S/C13H12N4O3/c18-13(19)6-5-12-16-11(17-20-12)7-10-14-8-3-1-2-4-9(8)15-10/h1-4H,5-7H2,(H,14,15)(H,18,19). The van der Waals surface area contributed by atoms with Gasteiger partial charge in [-0.25, -0.2) is 4.98 Å². The van der Waals surface area contributed by atoms with Crippen LogP contribution in [-0.4, -0.2) is 31.2 Å². The third-order valence-corrected chi connectivity index (χ3v) is 2.83. The van der Waals surface area contributed by atoms with Crippen LogP contribution in [0.25, 0.3) is 11.0 Å². The quantitative estimate of drug-likeness (QED) is 0.730. The Balaban J connectivity index is 1.72. The number of hydrogen-bond acceptors (Lipinski definition) is 5. The maximum atomic E-state index is 10.5. The van der Waals surface area contributed by atoms with Gasteiger partial charge in [0.15, 0.2) is 5.82 Å². The van der Waals surface area contributed by atoms with Crippen LogP contribution in [0, 0.1) is 0 Å². The fourth-order valence-corrected chi connectivity index (χ4v) is 1.92. The Morgan fingerprint density at radius 1 is 1.30 bits per heavy atom. The molecule has 2 N–H and O–H groups in total. The van der Waals surface area contributed by atoms with Gasteiger partial charge in [0, 0.05) is 6.42 Å². The van der Waals surface area contributed by atoms with Gasteiger partial charge < -0.3 is 14.6 Å². The number of H-pyrrole nitrogens is 1. The SMILES string of the molecule is O=C(O)CCc1nc(Cc2nc3ccccc3[nH]2)no1. The average Bonchev–Trinajstić information content (AvgIpc) is 3.02. The van der Waals surface area contributed by atoms with Gasteiger partial charge in [0.1, 0.15) is 5.82 Å². The summed E-state index contributed by atoms with van der Waals surface area (Å²) >= 11 is 0. The van der Waals surface area contributed by atoms with Crippen molar-refractivity contribution in [3.8, 4) is 0 Å². The van der Waals surface area contributed by atoms with Crippen molar-refractivity contribution >= 4 is 17.0 Å². The van der Waals surface area contributed by atoms with Gasteiger partial charge in [-0.1, -0.05) is 17.3 Å². The first kappa shape index (κ1) is 12.3. The molecular formula is C13H12N4O3. The van der Waals surface area contributed by atoms with Crippen molar-refractivity contribution in [2.45, 2.75) is 19.3 Å². The number of aromatic amines is 1. The van der Waals surface area contributed by atoms with Crippen LogP contribution in [0.15, 0.2) is 28.8 Å². The number of benzene rings is 1. The number of fused-ring (bicyclic) bond motifs is 1. The molecule has 1 aromatic carbocycles. The zero-order chi connectivity index (χ0) is 13.9. The molecule has 0 atom stereocenters. The van der Waals surface area contributed by atoms with Crippen molar-refractivity contribution in [1.82, 2.24) is 20.1 Å². The smallest absolute Gasteiger partial charge is 0.303 e. The molecule has 0 aliphatic carbocycles. The van der Waals surface area contributed by atoms with Crippen LogP contribution in [0.5, 0.6) is 0 Å². The number of hydrogen-bond donors (Lipinski definition) is 2. The zero-order valence-electron chi connectivity index (χ0n) is 10.5.